The number of methoxy groups -OCH3 is 1. The van der Waals surface area contributed by atoms with Gasteiger partial charge >= 0.3 is 0 Å². The van der Waals surface area contributed by atoms with Crippen molar-refractivity contribution in [2.75, 3.05) is 7.11 Å². The van der Waals surface area contributed by atoms with Gasteiger partial charge < -0.3 is 9.84 Å². The molecule has 1 saturated carbocycles. The molecule has 1 fully saturated rings. The first-order valence-electron chi connectivity index (χ1n) is 7.33. The normalized spacial score (nSPS) is 29.0. The van der Waals surface area contributed by atoms with Gasteiger partial charge in [0.05, 0.1) is 13.2 Å². The number of rotatable bonds is 3. The minimum atomic E-state index is -0.361. The average Bonchev–Trinajstić information content (AvgIpc) is 2.37. The molecule has 3 unspecified atom stereocenters. The molecule has 0 aromatic heterocycles. The predicted octanol–water partition coefficient (Wildman–Crippen LogP) is 4.11. The van der Waals surface area contributed by atoms with Crippen molar-refractivity contribution in [2.24, 2.45) is 17.8 Å². The van der Waals surface area contributed by atoms with E-state index in [1.54, 1.807) is 7.11 Å². The average molecular weight is 262 g/mol. The second-order valence-corrected chi connectivity index (χ2v) is 6.35. The van der Waals surface area contributed by atoms with Crippen LogP contribution >= 0.6 is 0 Å². The Labute approximate surface area is 116 Å². The topological polar surface area (TPSA) is 29.5 Å². The lowest BCUT2D eigenvalue weighted by Crippen LogP contribution is -2.24. The lowest BCUT2D eigenvalue weighted by atomic mass is 9.73. The fraction of sp³-hybridized carbons (Fsp3) is 0.647. The van der Waals surface area contributed by atoms with E-state index < -0.39 is 0 Å². The largest absolute Gasteiger partial charge is 0.496 e. The van der Waals surface area contributed by atoms with Gasteiger partial charge in [-0.25, -0.2) is 0 Å². The van der Waals surface area contributed by atoms with Gasteiger partial charge in [-0.3, -0.25) is 0 Å². The summed E-state index contributed by atoms with van der Waals surface area (Å²) in [6.07, 6.45) is 3.18. The van der Waals surface area contributed by atoms with E-state index in [9.17, 15) is 5.11 Å². The van der Waals surface area contributed by atoms with Crippen LogP contribution in [0.1, 0.15) is 50.3 Å². The number of aryl methyl sites for hydroxylation is 1. The van der Waals surface area contributed by atoms with Crippen molar-refractivity contribution >= 4 is 0 Å². The lowest BCUT2D eigenvalue weighted by molar-refractivity contribution is 0.0550. The molecular formula is C17H26O2. The highest BCUT2D eigenvalue weighted by atomic mass is 16.5. The van der Waals surface area contributed by atoms with Crippen molar-refractivity contribution in [1.29, 1.82) is 0 Å². The Balaban J connectivity index is 2.16. The molecule has 2 heteroatoms. The highest BCUT2D eigenvalue weighted by Gasteiger charge is 2.30. The van der Waals surface area contributed by atoms with E-state index >= 15 is 0 Å². The second kappa shape index (κ2) is 5.96. The van der Waals surface area contributed by atoms with Gasteiger partial charge in [0.25, 0.3) is 0 Å². The Morgan fingerprint density at radius 3 is 2.37 bits per heavy atom. The van der Waals surface area contributed by atoms with Gasteiger partial charge in [0.1, 0.15) is 5.75 Å². The van der Waals surface area contributed by atoms with E-state index in [0.717, 1.165) is 41.6 Å². The van der Waals surface area contributed by atoms with Gasteiger partial charge in [-0.1, -0.05) is 26.0 Å². The molecule has 2 nitrogen and oxygen atoms in total. The van der Waals surface area contributed by atoms with Crippen LogP contribution in [0.2, 0.25) is 0 Å². The molecule has 0 heterocycles. The monoisotopic (exact) mass is 262 g/mol. The molecule has 1 aliphatic rings. The SMILES string of the molecule is COc1cc(C(O)C2CC(C)CC(C)C2)ccc1C. The third-order valence-electron chi connectivity index (χ3n) is 4.44. The van der Waals surface area contributed by atoms with Gasteiger partial charge in [0.2, 0.25) is 0 Å². The molecule has 0 spiro atoms. The van der Waals surface area contributed by atoms with Crippen molar-refractivity contribution in [2.45, 2.75) is 46.1 Å². The summed E-state index contributed by atoms with van der Waals surface area (Å²) < 4.78 is 5.35. The summed E-state index contributed by atoms with van der Waals surface area (Å²) in [7, 11) is 1.68. The number of hydrogen-bond acceptors (Lipinski definition) is 2. The zero-order valence-corrected chi connectivity index (χ0v) is 12.5. The summed E-state index contributed by atoms with van der Waals surface area (Å²) in [5.74, 6) is 2.69. The van der Waals surface area contributed by atoms with E-state index in [-0.39, 0.29) is 6.10 Å². The van der Waals surface area contributed by atoms with Crippen LogP contribution in [0.15, 0.2) is 18.2 Å². The molecule has 0 amide bonds. The van der Waals surface area contributed by atoms with Crippen LogP contribution in [0.3, 0.4) is 0 Å². The van der Waals surface area contributed by atoms with Crippen molar-refractivity contribution in [3.8, 4) is 5.75 Å². The zero-order chi connectivity index (χ0) is 14.0. The van der Waals surface area contributed by atoms with Crippen LogP contribution in [0, 0.1) is 24.7 Å². The zero-order valence-electron chi connectivity index (χ0n) is 12.5. The van der Waals surface area contributed by atoms with Crippen LogP contribution in [0.25, 0.3) is 0 Å². The van der Waals surface area contributed by atoms with Crippen molar-refractivity contribution < 1.29 is 9.84 Å². The number of ether oxygens (including phenoxy) is 1. The number of hydrogen-bond donors (Lipinski definition) is 1. The van der Waals surface area contributed by atoms with Gasteiger partial charge in [0, 0.05) is 0 Å². The summed E-state index contributed by atoms with van der Waals surface area (Å²) in [5, 5.41) is 10.6. The van der Waals surface area contributed by atoms with Gasteiger partial charge in [-0.05, 0) is 61.1 Å². The Hall–Kier alpha value is -1.02. The molecule has 3 atom stereocenters. The van der Waals surface area contributed by atoms with Crippen LogP contribution in [0.4, 0.5) is 0 Å². The first-order valence-corrected chi connectivity index (χ1v) is 7.33. The first kappa shape index (κ1) is 14.4. The summed E-state index contributed by atoms with van der Waals surface area (Å²) in [6, 6.07) is 6.06. The van der Waals surface area contributed by atoms with Crippen LogP contribution in [-0.4, -0.2) is 12.2 Å². The van der Waals surface area contributed by atoms with Crippen LogP contribution in [0.5, 0.6) is 5.75 Å². The smallest absolute Gasteiger partial charge is 0.122 e. The maximum Gasteiger partial charge on any atom is 0.122 e. The van der Waals surface area contributed by atoms with Crippen LogP contribution in [-0.2, 0) is 0 Å². The highest BCUT2D eigenvalue weighted by molar-refractivity contribution is 5.37. The highest BCUT2D eigenvalue weighted by Crippen LogP contribution is 2.40. The van der Waals surface area contributed by atoms with E-state index in [0.29, 0.717) is 5.92 Å². The Morgan fingerprint density at radius 2 is 1.79 bits per heavy atom. The fourth-order valence-corrected chi connectivity index (χ4v) is 3.56. The summed E-state index contributed by atoms with van der Waals surface area (Å²) >= 11 is 0. The molecule has 106 valence electrons. The van der Waals surface area contributed by atoms with Gasteiger partial charge in [-0.2, -0.15) is 0 Å². The molecule has 0 saturated heterocycles. The Kier molecular flexibility index (Phi) is 4.51. The molecule has 19 heavy (non-hydrogen) atoms. The molecule has 0 bridgehead atoms. The molecule has 1 N–H and O–H groups in total. The first-order chi connectivity index (χ1) is 9.01. The minimum absolute atomic E-state index is 0.361. The molecule has 1 aromatic carbocycles. The van der Waals surface area contributed by atoms with E-state index in [2.05, 4.69) is 13.8 Å². The van der Waals surface area contributed by atoms with Crippen LogP contribution < -0.4 is 4.74 Å². The predicted molar refractivity (Wildman–Crippen MR) is 78.4 cm³/mol. The minimum Gasteiger partial charge on any atom is -0.496 e. The second-order valence-electron chi connectivity index (χ2n) is 6.35. The third kappa shape index (κ3) is 3.30. The summed E-state index contributed by atoms with van der Waals surface area (Å²) in [4.78, 5) is 0. The maximum absolute atomic E-state index is 10.6. The lowest BCUT2D eigenvalue weighted by Gasteiger charge is -2.34. The molecule has 0 aliphatic heterocycles. The summed E-state index contributed by atoms with van der Waals surface area (Å²) in [5.41, 5.74) is 2.11. The van der Waals surface area contributed by atoms with Crippen molar-refractivity contribution in [3.05, 3.63) is 29.3 Å². The standard InChI is InChI=1S/C17H26O2/c1-11-7-12(2)9-15(8-11)17(18)14-6-5-13(3)16(10-14)19-4/h5-6,10-12,15,17-18H,7-9H2,1-4H3. The molecule has 1 aliphatic carbocycles. The maximum atomic E-state index is 10.6. The van der Waals surface area contributed by atoms with Crippen molar-refractivity contribution in [3.63, 3.8) is 0 Å². The number of aliphatic hydroxyl groups is 1. The molecule has 2 rings (SSSR count). The summed E-state index contributed by atoms with van der Waals surface area (Å²) in [6.45, 7) is 6.62. The van der Waals surface area contributed by atoms with Gasteiger partial charge in [0.15, 0.2) is 0 Å². The number of benzene rings is 1. The molecule has 0 radical (unpaired) electrons. The fourth-order valence-electron chi connectivity index (χ4n) is 3.56. The number of aliphatic hydroxyl groups excluding tert-OH is 1. The molecule has 1 aromatic rings. The Bertz CT molecular complexity index is 417. The van der Waals surface area contributed by atoms with E-state index in [4.69, 9.17) is 4.74 Å². The third-order valence-corrected chi connectivity index (χ3v) is 4.44. The van der Waals surface area contributed by atoms with E-state index in [1.165, 1.54) is 6.42 Å². The van der Waals surface area contributed by atoms with Crippen molar-refractivity contribution in [1.82, 2.24) is 0 Å². The Morgan fingerprint density at radius 1 is 1.16 bits per heavy atom. The van der Waals surface area contributed by atoms with Gasteiger partial charge in [-0.15, -0.1) is 0 Å². The quantitative estimate of drug-likeness (QED) is 0.888. The molecular weight excluding hydrogens is 236 g/mol. The van der Waals surface area contributed by atoms with E-state index in [1.807, 2.05) is 25.1 Å².